The molecule has 1 aliphatic heterocycles. The second-order valence-corrected chi connectivity index (χ2v) is 4.65. The maximum absolute atomic E-state index is 9.40. The molecule has 4 nitrogen and oxygen atoms in total. The summed E-state index contributed by atoms with van der Waals surface area (Å²) in [7, 11) is 0. The molecule has 1 aromatic carbocycles. The van der Waals surface area contributed by atoms with Crippen molar-refractivity contribution in [2.75, 3.05) is 13.2 Å². The van der Waals surface area contributed by atoms with Gasteiger partial charge in [-0.1, -0.05) is 6.07 Å². The van der Waals surface area contributed by atoms with Gasteiger partial charge in [0.1, 0.15) is 18.1 Å². The molecule has 1 atom stereocenters. The quantitative estimate of drug-likeness (QED) is 0.879. The van der Waals surface area contributed by atoms with Gasteiger partial charge in [-0.15, -0.1) is 0 Å². The summed E-state index contributed by atoms with van der Waals surface area (Å²) < 4.78 is 5.56. The zero-order valence-corrected chi connectivity index (χ0v) is 10.5. The maximum atomic E-state index is 9.40. The van der Waals surface area contributed by atoms with Gasteiger partial charge in [0.2, 0.25) is 0 Å². The van der Waals surface area contributed by atoms with E-state index in [4.69, 9.17) is 4.74 Å². The normalized spacial score (nSPS) is 16.9. The second kappa shape index (κ2) is 5.28. The van der Waals surface area contributed by atoms with Gasteiger partial charge < -0.3 is 15.2 Å². The Kier molecular flexibility index (Phi) is 3.33. The number of aromatic hydroxyl groups is 1. The summed E-state index contributed by atoms with van der Waals surface area (Å²) >= 11 is 0. The summed E-state index contributed by atoms with van der Waals surface area (Å²) in [6, 6.07) is 9.51. The van der Waals surface area contributed by atoms with E-state index in [9.17, 15) is 5.11 Å². The Morgan fingerprint density at radius 2 is 2.32 bits per heavy atom. The van der Waals surface area contributed by atoms with E-state index in [2.05, 4.69) is 16.4 Å². The Balaban J connectivity index is 1.58. The van der Waals surface area contributed by atoms with Gasteiger partial charge in [-0.2, -0.15) is 0 Å². The van der Waals surface area contributed by atoms with Crippen molar-refractivity contribution in [1.82, 2.24) is 10.3 Å². The van der Waals surface area contributed by atoms with Crippen LogP contribution in [-0.2, 0) is 6.42 Å². The van der Waals surface area contributed by atoms with Gasteiger partial charge in [0.05, 0.1) is 6.04 Å². The minimum Gasteiger partial charge on any atom is -0.508 e. The first kappa shape index (κ1) is 12.0. The molecule has 2 aromatic rings. The van der Waals surface area contributed by atoms with Crippen molar-refractivity contribution >= 4 is 0 Å². The van der Waals surface area contributed by atoms with Crippen LogP contribution in [0.3, 0.4) is 0 Å². The lowest BCUT2D eigenvalue weighted by Crippen LogP contribution is -2.24. The van der Waals surface area contributed by atoms with E-state index < -0.39 is 0 Å². The van der Waals surface area contributed by atoms with Crippen LogP contribution in [0.25, 0.3) is 0 Å². The fourth-order valence-electron chi connectivity index (χ4n) is 2.30. The molecule has 0 saturated heterocycles. The SMILES string of the molecule is Oc1ccc2c(c1)OCC2NCCc1cccnc1. The Labute approximate surface area is 112 Å². The molecule has 1 aliphatic rings. The number of phenols is 1. The molecule has 2 N–H and O–H groups in total. The van der Waals surface area contributed by atoms with Crippen molar-refractivity contribution in [2.45, 2.75) is 12.5 Å². The molecule has 0 fully saturated rings. The molecule has 0 saturated carbocycles. The number of benzene rings is 1. The number of phenolic OH excluding ortho intramolecular Hbond substituents is 1. The first-order valence-electron chi connectivity index (χ1n) is 6.41. The molecule has 0 aliphatic carbocycles. The minimum absolute atomic E-state index is 0.201. The Morgan fingerprint density at radius 1 is 1.37 bits per heavy atom. The Hall–Kier alpha value is -2.07. The summed E-state index contributed by atoms with van der Waals surface area (Å²) in [5.41, 5.74) is 2.34. The van der Waals surface area contributed by atoms with Crippen molar-refractivity contribution in [1.29, 1.82) is 0 Å². The average Bonchev–Trinajstić information content (AvgIpc) is 2.82. The predicted octanol–water partition coefficient (Wildman–Crippen LogP) is 2.05. The highest BCUT2D eigenvalue weighted by molar-refractivity contribution is 5.44. The number of rotatable bonds is 4. The lowest BCUT2D eigenvalue weighted by molar-refractivity contribution is 0.311. The van der Waals surface area contributed by atoms with Crippen LogP contribution in [0.5, 0.6) is 11.5 Å². The highest BCUT2D eigenvalue weighted by Crippen LogP contribution is 2.34. The van der Waals surface area contributed by atoms with E-state index in [1.807, 2.05) is 18.3 Å². The van der Waals surface area contributed by atoms with Crippen molar-refractivity contribution < 1.29 is 9.84 Å². The number of aromatic nitrogens is 1. The standard InChI is InChI=1S/C15H16N2O2/c18-12-3-4-13-14(10-19-15(13)8-12)17-7-5-11-2-1-6-16-9-11/h1-4,6,8-9,14,17-18H,5,7,10H2. The number of hydrogen-bond acceptors (Lipinski definition) is 4. The van der Waals surface area contributed by atoms with Crippen LogP contribution in [-0.4, -0.2) is 23.2 Å². The molecule has 0 amide bonds. The smallest absolute Gasteiger partial charge is 0.127 e. The summed E-state index contributed by atoms with van der Waals surface area (Å²) in [6.07, 6.45) is 4.61. The van der Waals surface area contributed by atoms with Crippen LogP contribution < -0.4 is 10.1 Å². The van der Waals surface area contributed by atoms with Crippen LogP contribution in [0.1, 0.15) is 17.2 Å². The van der Waals surface area contributed by atoms with E-state index in [1.165, 1.54) is 5.56 Å². The second-order valence-electron chi connectivity index (χ2n) is 4.65. The average molecular weight is 256 g/mol. The van der Waals surface area contributed by atoms with Crippen molar-refractivity contribution in [3.63, 3.8) is 0 Å². The van der Waals surface area contributed by atoms with Gasteiger partial charge in [0.15, 0.2) is 0 Å². The van der Waals surface area contributed by atoms with Crippen LogP contribution in [0, 0.1) is 0 Å². The van der Waals surface area contributed by atoms with E-state index in [0.29, 0.717) is 6.61 Å². The summed E-state index contributed by atoms with van der Waals surface area (Å²) in [4.78, 5) is 4.10. The van der Waals surface area contributed by atoms with Crippen LogP contribution in [0.15, 0.2) is 42.7 Å². The fraction of sp³-hybridized carbons (Fsp3) is 0.267. The molecule has 4 heteroatoms. The zero-order valence-electron chi connectivity index (χ0n) is 10.5. The lowest BCUT2D eigenvalue weighted by atomic mass is 10.1. The molecule has 19 heavy (non-hydrogen) atoms. The highest BCUT2D eigenvalue weighted by atomic mass is 16.5. The topological polar surface area (TPSA) is 54.4 Å². The number of ether oxygens (including phenoxy) is 1. The van der Waals surface area contributed by atoms with Gasteiger partial charge in [0, 0.05) is 24.0 Å². The van der Waals surface area contributed by atoms with Gasteiger partial charge in [-0.3, -0.25) is 4.98 Å². The molecule has 0 spiro atoms. The van der Waals surface area contributed by atoms with Crippen molar-refractivity contribution in [3.8, 4) is 11.5 Å². The Morgan fingerprint density at radius 3 is 3.16 bits per heavy atom. The van der Waals surface area contributed by atoms with Gasteiger partial charge >= 0.3 is 0 Å². The highest BCUT2D eigenvalue weighted by Gasteiger charge is 2.23. The monoisotopic (exact) mass is 256 g/mol. The zero-order chi connectivity index (χ0) is 13.1. The van der Waals surface area contributed by atoms with Crippen molar-refractivity contribution in [3.05, 3.63) is 53.9 Å². The number of fused-ring (bicyclic) bond motifs is 1. The molecule has 3 rings (SSSR count). The third-order valence-electron chi connectivity index (χ3n) is 3.31. The fourth-order valence-corrected chi connectivity index (χ4v) is 2.30. The van der Waals surface area contributed by atoms with Crippen LogP contribution >= 0.6 is 0 Å². The van der Waals surface area contributed by atoms with Crippen LogP contribution in [0.4, 0.5) is 0 Å². The van der Waals surface area contributed by atoms with Gasteiger partial charge in [0.25, 0.3) is 0 Å². The van der Waals surface area contributed by atoms with E-state index >= 15 is 0 Å². The van der Waals surface area contributed by atoms with Gasteiger partial charge in [-0.25, -0.2) is 0 Å². The van der Waals surface area contributed by atoms with Gasteiger partial charge in [-0.05, 0) is 36.7 Å². The number of nitrogens with zero attached hydrogens (tertiary/aromatic N) is 1. The number of pyridine rings is 1. The largest absolute Gasteiger partial charge is 0.508 e. The van der Waals surface area contributed by atoms with E-state index in [0.717, 1.165) is 24.3 Å². The summed E-state index contributed by atoms with van der Waals surface area (Å²) in [6.45, 7) is 1.49. The molecule has 0 bridgehead atoms. The first-order chi connectivity index (χ1) is 9.33. The predicted molar refractivity (Wildman–Crippen MR) is 72.3 cm³/mol. The number of nitrogens with one attached hydrogen (secondary N) is 1. The maximum Gasteiger partial charge on any atom is 0.127 e. The molecular weight excluding hydrogens is 240 g/mol. The summed E-state index contributed by atoms with van der Waals surface area (Å²) in [5, 5.41) is 12.9. The molecular formula is C15H16N2O2. The van der Waals surface area contributed by atoms with Crippen LogP contribution in [0.2, 0.25) is 0 Å². The van der Waals surface area contributed by atoms with Crippen molar-refractivity contribution in [2.24, 2.45) is 0 Å². The lowest BCUT2D eigenvalue weighted by Gasteiger charge is -2.11. The van der Waals surface area contributed by atoms with E-state index in [1.54, 1.807) is 18.3 Å². The minimum atomic E-state index is 0.201. The third kappa shape index (κ3) is 2.69. The molecule has 1 unspecified atom stereocenters. The summed E-state index contributed by atoms with van der Waals surface area (Å²) in [5.74, 6) is 1.02. The molecule has 0 radical (unpaired) electrons. The number of hydrogen-bond donors (Lipinski definition) is 2. The Bertz CT molecular complexity index is 557. The molecule has 2 heterocycles. The molecule has 98 valence electrons. The first-order valence-corrected chi connectivity index (χ1v) is 6.41. The third-order valence-corrected chi connectivity index (χ3v) is 3.31. The molecule has 1 aromatic heterocycles. The van der Waals surface area contributed by atoms with E-state index in [-0.39, 0.29) is 11.8 Å².